The summed E-state index contributed by atoms with van der Waals surface area (Å²) in [4.78, 5) is 13.7. The molecule has 0 aromatic heterocycles. The molecule has 0 saturated carbocycles. The number of hydrogen-bond acceptors (Lipinski definition) is 4. The van der Waals surface area contributed by atoms with Crippen molar-refractivity contribution in [2.45, 2.75) is 0 Å². The van der Waals surface area contributed by atoms with E-state index in [9.17, 15) is 4.79 Å². The van der Waals surface area contributed by atoms with Gasteiger partial charge in [0.15, 0.2) is 0 Å². The Balaban J connectivity index is 2.03. The standard InChI is InChI=1S/C13H15NO3S/c1-17-11-4-2-3-10(5-11)6-12-7-14(9-18-12)8-13(15)16/h2-6H,7-9H2,1H3,(H,15,16). The minimum atomic E-state index is -0.779. The average Bonchev–Trinajstić information content (AvgIpc) is 2.76. The van der Waals surface area contributed by atoms with E-state index in [1.54, 1.807) is 18.9 Å². The van der Waals surface area contributed by atoms with E-state index in [0.717, 1.165) is 17.2 Å². The van der Waals surface area contributed by atoms with Crippen molar-refractivity contribution in [1.29, 1.82) is 0 Å². The molecule has 0 atom stereocenters. The first-order valence-electron chi connectivity index (χ1n) is 5.59. The fourth-order valence-electron chi connectivity index (χ4n) is 1.78. The van der Waals surface area contributed by atoms with Crippen LogP contribution in [0.3, 0.4) is 0 Å². The van der Waals surface area contributed by atoms with Gasteiger partial charge in [0.1, 0.15) is 5.75 Å². The van der Waals surface area contributed by atoms with E-state index < -0.39 is 5.97 Å². The van der Waals surface area contributed by atoms with Crippen LogP contribution in [-0.2, 0) is 4.79 Å². The highest BCUT2D eigenvalue weighted by Crippen LogP contribution is 2.28. The highest BCUT2D eigenvalue weighted by Gasteiger charge is 2.19. The van der Waals surface area contributed by atoms with Gasteiger partial charge in [-0.3, -0.25) is 9.69 Å². The van der Waals surface area contributed by atoms with Gasteiger partial charge < -0.3 is 9.84 Å². The smallest absolute Gasteiger partial charge is 0.317 e. The summed E-state index contributed by atoms with van der Waals surface area (Å²) in [6.07, 6.45) is 2.08. The Morgan fingerprint density at radius 3 is 3.17 bits per heavy atom. The fraction of sp³-hybridized carbons (Fsp3) is 0.308. The molecule has 1 aromatic rings. The van der Waals surface area contributed by atoms with E-state index in [0.29, 0.717) is 6.54 Å². The van der Waals surface area contributed by atoms with Crippen LogP contribution in [0.15, 0.2) is 29.2 Å². The number of methoxy groups -OCH3 is 1. The third kappa shape index (κ3) is 3.51. The molecule has 2 rings (SSSR count). The first kappa shape index (κ1) is 13.0. The van der Waals surface area contributed by atoms with Crippen LogP contribution < -0.4 is 4.74 Å². The predicted octanol–water partition coefficient (Wildman–Crippen LogP) is 2.13. The van der Waals surface area contributed by atoms with Crippen molar-refractivity contribution in [3.8, 4) is 5.75 Å². The Labute approximate surface area is 110 Å². The van der Waals surface area contributed by atoms with Crippen LogP contribution in [0.4, 0.5) is 0 Å². The minimum Gasteiger partial charge on any atom is -0.497 e. The monoisotopic (exact) mass is 265 g/mol. The first-order chi connectivity index (χ1) is 8.67. The minimum absolute atomic E-state index is 0.0997. The Morgan fingerprint density at radius 1 is 1.61 bits per heavy atom. The third-order valence-electron chi connectivity index (χ3n) is 2.59. The second-order valence-electron chi connectivity index (χ2n) is 4.04. The van der Waals surface area contributed by atoms with Crippen LogP contribution in [0.2, 0.25) is 0 Å². The summed E-state index contributed by atoms with van der Waals surface area (Å²) in [5, 5.41) is 8.73. The lowest BCUT2D eigenvalue weighted by Crippen LogP contribution is -2.26. The Bertz CT molecular complexity index is 473. The number of rotatable bonds is 4. The van der Waals surface area contributed by atoms with E-state index in [2.05, 4.69) is 6.08 Å². The molecule has 0 spiro atoms. The van der Waals surface area contributed by atoms with Gasteiger partial charge in [-0.2, -0.15) is 0 Å². The molecule has 1 fully saturated rings. The molecule has 0 radical (unpaired) electrons. The van der Waals surface area contributed by atoms with E-state index in [1.807, 2.05) is 29.2 Å². The van der Waals surface area contributed by atoms with Crippen LogP contribution in [0.5, 0.6) is 5.75 Å². The summed E-state index contributed by atoms with van der Waals surface area (Å²) in [7, 11) is 1.64. The molecule has 5 heteroatoms. The Hall–Kier alpha value is -1.46. The number of carbonyl (C=O) groups is 1. The quantitative estimate of drug-likeness (QED) is 0.903. The number of carboxylic acid groups (broad SMARTS) is 1. The van der Waals surface area contributed by atoms with Crippen molar-refractivity contribution in [2.75, 3.05) is 26.1 Å². The molecule has 96 valence electrons. The molecular weight excluding hydrogens is 250 g/mol. The maximum absolute atomic E-state index is 10.6. The van der Waals surface area contributed by atoms with Crippen LogP contribution in [0.1, 0.15) is 5.56 Å². The number of thioether (sulfide) groups is 1. The lowest BCUT2D eigenvalue weighted by atomic mass is 10.2. The molecular formula is C13H15NO3S. The van der Waals surface area contributed by atoms with Gasteiger partial charge in [0.25, 0.3) is 0 Å². The maximum Gasteiger partial charge on any atom is 0.317 e. The summed E-state index contributed by atoms with van der Waals surface area (Å²) < 4.78 is 5.17. The molecule has 1 aliphatic rings. The molecule has 1 aliphatic heterocycles. The molecule has 0 aliphatic carbocycles. The van der Waals surface area contributed by atoms with Gasteiger partial charge in [0.05, 0.1) is 13.7 Å². The van der Waals surface area contributed by atoms with Crippen LogP contribution in [-0.4, -0.2) is 42.1 Å². The van der Waals surface area contributed by atoms with Gasteiger partial charge >= 0.3 is 5.97 Å². The number of carboxylic acids is 1. The van der Waals surface area contributed by atoms with Crippen LogP contribution in [0, 0.1) is 0 Å². The molecule has 1 aromatic carbocycles. The average molecular weight is 265 g/mol. The Morgan fingerprint density at radius 2 is 2.44 bits per heavy atom. The van der Waals surface area contributed by atoms with E-state index in [1.165, 1.54) is 4.91 Å². The largest absolute Gasteiger partial charge is 0.497 e. The molecule has 1 heterocycles. The van der Waals surface area contributed by atoms with Crippen molar-refractivity contribution in [3.63, 3.8) is 0 Å². The normalized spacial score (nSPS) is 18.2. The van der Waals surface area contributed by atoms with E-state index in [-0.39, 0.29) is 6.54 Å². The SMILES string of the molecule is COc1cccc(C=C2CN(CC(=O)O)CS2)c1. The van der Waals surface area contributed by atoms with Crippen LogP contribution in [0.25, 0.3) is 6.08 Å². The van der Waals surface area contributed by atoms with Crippen molar-refractivity contribution in [1.82, 2.24) is 4.90 Å². The summed E-state index contributed by atoms with van der Waals surface area (Å²) in [6.45, 7) is 0.802. The summed E-state index contributed by atoms with van der Waals surface area (Å²) in [5.74, 6) is 0.787. The van der Waals surface area contributed by atoms with E-state index in [4.69, 9.17) is 9.84 Å². The second kappa shape index (κ2) is 5.93. The molecule has 18 heavy (non-hydrogen) atoms. The molecule has 0 unspecified atom stereocenters. The van der Waals surface area contributed by atoms with Gasteiger partial charge in [0, 0.05) is 17.3 Å². The third-order valence-corrected chi connectivity index (χ3v) is 3.70. The van der Waals surface area contributed by atoms with Crippen molar-refractivity contribution in [3.05, 3.63) is 34.7 Å². The maximum atomic E-state index is 10.6. The zero-order chi connectivity index (χ0) is 13.0. The second-order valence-corrected chi connectivity index (χ2v) is 5.11. The zero-order valence-corrected chi connectivity index (χ0v) is 10.9. The highest BCUT2D eigenvalue weighted by molar-refractivity contribution is 8.03. The number of nitrogens with zero attached hydrogens (tertiary/aromatic N) is 1. The van der Waals surface area contributed by atoms with Crippen molar-refractivity contribution >= 4 is 23.8 Å². The first-order valence-corrected chi connectivity index (χ1v) is 6.57. The number of hydrogen-bond donors (Lipinski definition) is 1. The van der Waals surface area contributed by atoms with E-state index >= 15 is 0 Å². The van der Waals surface area contributed by atoms with Gasteiger partial charge in [-0.05, 0) is 23.8 Å². The zero-order valence-electron chi connectivity index (χ0n) is 10.1. The summed E-state index contributed by atoms with van der Waals surface area (Å²) in [5.41, 5.74) is 1.08. The molecule has 1 N–H and O–H groups in total. The topological polar surface area (TPSA) is 49.8 Å². The lowest BCUT2D eigenvalue weighted by molar-refractivity contribution is -0.137. The van der Waals surface area contributed by atoms with Gasteiger partial charge in [0.2, 0.25) is 0 Å². The van der Waals surface area contributed by atoms with Crippen molar-refractivity contribution < 1.29 is 14.6 Å². The van der Waals surface area contributed by atoms with Crippen LogP contribution >= 0.6 is 11.8 Å². The summed E-state index contributed by atoms with van der Waals surface area (Å²) >= 11 is 1.68. The summed E-state index contributed by atoms with van der Waals surface area (Å²) in [6, 6.07) is 7.82. The van der Waals surface area contributed by atoms with Gasteiger partial charge in [-0.1, -0.05) is 12.1 Å². The van der Waals surface area contributed by atoms with Gasteiger partial charge in [-0.15, -0.1) is 11.8 Å². The number of ether oxygens (including phenoxy) is 1. The predicted molar refractivity (Wildman–Crippen MR) is 72.6 cm³/mol. The molecule has 4 nitrogen and oxygen atoms in total. The van der Waals surface area contributed by atoms with Gasteiger partial charge in [-0.25, -0.2) is 0 Å². The molecule has 0 bridgehead atoms. The Kier molecular flexibility index (Phi) is 4.28. The lowest BCUT2D eigenvalue weighted by Gasteiger charge is -2.08. The number of aliphatic carboxylic acids is 1. The number of benzene rings is 1. The highest BCUT2D eigenvalue weighted by atomic mass is 32.2. The van der Waals surface area contributed by atoms with Crippen molar-refractivity contribution in [2.24, 2.45) is 0 Å². The molecule has 0 amide bonds. The molecule has 1 saturated heterocycles. The fourth-order valence-corrected chi connectivity index (χ4v) is 2.81.